The first-order valence-corrected chi connectivity index (χ1v) is 5.15. The lowest BCUT2D eigenvalue weighted by atomic mass is 10.3. The lowest BCUT2D eigenvalue weighted by Gasteiger charge is -2.07. The van der Waals surface area contributed by atoms with E-state index in [4.69, 9.17) is 16.3 Å². The van der Waals surface area contributed by atoms with Gasteiger partial charge in [0.05, 0.1) is 19.5 Å². The highest BCUT2D eigenvalue weighted by Gasteiger charge is 2.04. The van der Waals surface area contributed by atoms with E-state index < -0.39 is 5.82 Å². The standard InChI is InChI=1S/C11H9ClFN3O/c1-17-9-4-7(2-3-8(9)13)15-11-6-14-5-10(12)16-11/h2-6H,1H3,(H,15,16). The van der Waals surface area contributed by atoms with E-state index in [1.807, 2.05) is 0 Å². The summed E-state index contributed by atoms with van der Waals surface area (Å²) in [6.07, 6.45) is 2.94. The Morgan fingerprint density at radius 3 is 2.88 bits per heavy atom. The lowest BCUT2D eigenvalue weighted by Crippen LogP contribution is -1.96. The molecule has 17 heavy (non-hydrogen) atoms. The largest absolute Gasteiger partial charge is 0.494 e. The first kappa shape index (κ1) is 11.6. The molecule has 2 aromatic rings. The van der Waals surface area contributed by atoms with E-state index in [2.05, 4.69) is 15.3 Å². The summed E-state index contributed by atoms with van der Waals surface area (Å²) >= 11 is 5.70. The van der Waals surface area contributed by atoms with Crippen LogP contribution in [0.1, 0.15) is 0 Å². The van der Waals surface area contributed by atoms with Crippen molar-refractivity contribution in [3.63, 3.8) is 0 Å². The Kier molecular flexibility index (Phi) is 3.39. The SMILES string of the molecule is COc1cc(Nc2cncc(Cl)n2)ccc1F. The van der Waals surface area contributed by atoms with Crippen molar-refractivity contribution >= 4 is 23.1 Å². The topological polar surface area (TPSA) is 47.0 Å². The molecule has 1 aromatic carbocycles. The van der Waals surface area contributed by atoms with E-state index in [0.29, 0.717) is 11.5 Å². The highest BCUT2D eigenvalue weighted by atomic mass is 35.5. The summed E-state index contributed by atoms with van der Waals surface area (Å²) < 4.78 is 18.0. The molecule has 0 aliphatic carbocycles. The molecular weight excluding hydrogens is 245 g/mol. The second-order valence-corrected chi connectivity index (χ2v) is 3.59. The second kappa shape index (κ2) is 4.97. The summed E-state index contributed by atoms with van der Waals surface area (Å²) in [5.74, 6) is 0.214. The number of benzene rings is 1. The summed E-state index contributed by atoms with van der Waals surface area (Å²) in [5.41, 5.74) is 0.639. The molecular formula is C11H9ClFN3O. The molecule has 0 spiro atoms. The third-order valence-corrected chi connectivity index (χ3v) is 2.21. The molecule has 0 aliphatic heterocycles. The van der Waals surface area contributed by atoms with E-state index in [1.54, 1.807) is 6.07 Å². The van der Waals surface area contributed by atoms with Gasteiger partial charge in [-0.15, -0.1) is 0 Å². The summed E-state index contributed by atoms with van der Waals surface area (Å²) in [4.78, 5) is 7.88. The number of nitrogens with one attached hydrogen (secondary N) is 1. The van der Waals surface area contributed by atoms with Crippen molar-refractivity contribution in [2.24, 2.45) is 0 Å². The molecule has 1 N–H and O–H groups in total. The van der Waals surface area contributed by atoms with Gasteiger partial charge in [0.15, 0.2) is 17.4 Å². The molecule has 0 radical (unpaired) electrons. The Balaban J connectivity index is 2.24. The average Bonchev–Trinajstić information content (AvgIpc) is 2.32. The van der Waals surface area contributed by atoms with Crippen LogP contribution < -0.4 is 10.1 Å². The third kappa shape index (κ3) is 2.82. The third-order valence-electron chi connectivity index (χ3n) is 2.03. The number of aromatic nitrogens is 2. The first-order valence-electron chi connectivity index (χ1n) is 4.77. The van der Waals surface area contributed by atoms with Gasteiger partial charge in [0.1, 0.15) is 5.15 Å². The Bertz CT molecular complexity index is 536. The minimum absolute atomic E-state index is 0.157. The Morgan fingerprint density at radius 1 is 1.35 bits per heavy atom. The van der Waals surface area contributed by atoms with Gasteiger partial charge in [-0.25, -0.2) is 9.37 Å². The fourth-order valence-corrected chi connectivity index (χ4v) is 1.44. The van der Waals surface area contributed by atoms with Crippen LogP contribution in [0.3, 0.4) is 0 Å². The lowest BCUT2D eigenvalue weighted by molar-refractivity contribution is 0.387. The molecule has 1 aromatic heterocycles. The van der Waals surface area contributed by atoms with Crippen molar-refractivity contribution in [2.45, 2.75) is 0 Å². The Labute approximate surface area is 102 Å². The quantitative estimate of drug-likeness (QED) is 0.913. The normalized spacial score (nSPS) is 10.1. The molecule has 2 rings (SSSR count). The number of nitrogens with zero attached hydrogens (tertiary/aromatic N) is 2. The number of rotatable bonds is 3. The maximum Gasteiger partial charge on any atom is 0.165 e. The molecule has 0 fully saturated rings. The zero-order chi connectivity index (χ0) is 12.3. The molecule has 1 heterocycles. The number of halogens is 2. The minimum atomic E-state index is -0.421. The number of methoxy groups -OCH3 is 1. The summed E-state index contributed by atoms with van der Waals surface area (Å²) in [6.45, 7) is 0. The first-order chi connectivity index (χ1) is 8.19. The van der Waals surface area contributed by atoms with E-state index in [9.17, 15) is 4.39 Å². The molecule has 88 valence electrons. The van der Waals surface area contributed by atoms with Crippen LogP contribution in [-0.4, -0.2) is 17.1 Å². The monoisotopic (exact) mass is 253 g/mol. The zero-order valence-corrected chi connectivity index (χ0v) is 9.70. The van der Waals surface area contributed by atoms with Crippen molar-refractivity contribution in [3.8, 4) is 5.75 Å². The molecule has 0 saturated carbocycles. The van der Waals surface area contributed by atoms with Crippen LogP contribution in [0, 0.1) is 5.82 Å². The van der Waals surface area contributed by atoms with Gasteiger partial charge in [0.25, 0.3) is 0 Å². The van der Waals surface area contributed by atoms with Crippen molar-refractivity contribution in [3.05, 3.63) is 41.6 Å². The molecule has 4 nitrogen and oxygen atoms in total. The summed E-state index contributed by atoms with van der Waals surface area (Å²) in [5, 5.41) is 3.22. The number of hydrogen-bond donors (Lipinski definition) is 1. The number of hydrogen-bond acceptors (Lipinski definition) is 4. The van der Waals surface area contributed by atoms with Crippen molar-refractivity contribution < 1.29 is 9.13 Å². The fraction of sp³-hybridized carbons (Fsp3) is 0.0909. The van der Waals surface area contributed by atoms with Gasteiger partial charge in [0.2, 0.25) is 0 Å². The van der Waals surface area contributed by atoms with Crippen LogP contribution in [0.15, 0.2) is 30.6 Å². The number of anilines is 2. The van der Waals surface area contributed by atoms with Gasteiger partial charge in [-0.05, 0) is 12.1 Å². The molecule has 0 atom stereocenters. The van der Waals surface area contributed by atoms with E-state index in [0.717, 1.165) is 0 Å². The van der Waals surface area contributed by atoms with Gasteiger partial charge >= 0.3 is 0 Å². The highest BCUT2D eigenvalue weighted by Crippen LogP contribution is 2.23. The molecule has 0 saturated heterocycles. The maximum atomic E-state index is 13.2. The van der Waals surface area contributed by atoms with Gasteiger partial charge in [-0.1, -0.05) is 11.6 Å². The molecule has 6 heteroatoms. The fourth-order valence-electron chi connectivity index (χ4n) is 1.29. The summed E-state index contributed by atoms with van der Waals surface area (Å²) in [6, 6.07) is 4.40. The van der Waals surface area contributed by atoms with Crippen LogP contribution in [0.5, 0.6) is 5.75 Å². The van der Waals surface area contributed by atoms with Gasteiger partial charge in [-0.3, -0.25) is 4.98 Å². The molecule has 0 bridgehead atoms. The van der Waals surface area contributed by atoms with Gasteiger partial charge in [0, 0.05) is 11.8 Å². The zero-order valence-electron chi connectivity index (χ0n) is 8.95. The highest BCUT2D eigenvalue weighted by molar-refractivity contribution is 6.29. The van der Waals surface area contributed by atoms with E-state index in [-0.39, 0.29) is 10.9 Å². The summed E-state index contributed by atoms with van der Waals surface area (Å²) in [7, 11) is 1.40. The maximum absolute atomic E-state index is 13.2. The van der Waals surface area contributed by atoms with Crippen LogP contribution in [0.2, 0.25) is 5.15 Å². The van der Waals surface area contributed by atoms with E-state index in [1.165, 1.54) is 31.6 Å². The predicted octanol–water partition coefficient (Wildman–Crippen LogP) is 3.02. The Morgan fingerprint density at radius 2 is 2.18 bits per heavy atom. The Hall–Kier alpha value is -1.88. The van der Waals surface area contributed by atoms with Crippen molar-refractivity contribution in [1.29, 1.82) is 0 Å². The van der Waals surface area contributed by atoms with Gasteiger partial charge in [-0.2, -0.15) is 0 Å². The minimum Gasteiger partial charge on any atom is -0.494 e. The average molecular weight is 254 g/mol. The van der Waals surface area contributed by atoms with E-state index >= 15 is 0 Å². The predicted molar refractivity (Wildman–Crippen MR) is 63.3 cm³/mol. The van der Waals surface area contributed by atoms with Crippen LogP contribution in [0.25, 0.3) is 0 Å². The van der Waals surface area contributed by atoms with Crippen LogP contribution >= 0.6 is 11.6 Å². The second-order valence-electron chi connectivity index (χ2n) is 3.20. The van der Waals surface area contributed by atoms with Crippen molar-refractivity contribution in [2.75, 3.05) is 12.4 Å². The smallest absolute Gasteiger partial charge is 0.165 e. The van der Waals surface area contributed by atoms with Crippen LogP contribution in [0.4, 0.5) is 15.9 Å². The molecule has 0 aliphatic rings. The van der Waals surface area contributed by atoms with Gasteiger partial charge < -0.3 is 10.1 Å². The number of ether oxygens (including phenoxy) is 1. The van der Waals surface area contributed by atoms with Crippen molar-refractivity contribution in [1.82, 2.24) is 9.97 Å². The molecule has 0 amide bonds. The van der Waals surface area contributed by atoms with Crippen LogP contribution in [-0.2, 0) is 0 Å². The molecule has 0 unspecified atom stereocenters.